The van der Waals surface area contributed by atoms with Crippen LogP contribution < -0.4 is 5.32 Å². The van der Waals surface area contributed by atoms with Gasteiger partial charge in [-0.1, -0.05) is 12.1 Å². The molecule has 1 saturated carbocycles. The van der Waals surface area contributed by atoms with Crippen molar-refractivity contribution in [3.63, 3.8) is 0 Å². The van der Waals surface area contributed by atoms with Crippen LogP contribution in [0.3, 0.4) is 0 Å². The van der Waals surface area contributed by atoms with Gasteiger partial charge in [-0.05, 0) is 43.4 Å². The molecule has 0 aromatic heterocycles. The molecular weight excluding hydrogens is 292 g/mol. The highest BCUT2D eigenvalue weighted by Gasteiger charge is 2.25. The maximum absolute atomic E-state index is 12.4. The Kier molecular flexibility index (Phi) is 4.96. The number of benzene rings is 1. The molecule has 2 fully saturated rings. The van der Waals surface area contributed by atoms with Gasteiger partial charge < -0.3 is 15.0 Å². The molecule has 0 spiro atoms. The minimum Gasteiger partial charge on any atom is -0.381 e. The van der Waals surface area contributed by atoms with Gasteiger partial charge >= 0.3 is 0 Å². The topological polar surface area (TPSA) is 58.6 Å². The van der Waals surface area contributed by atoms with Gasteiger partial charge in [0.15, 0.2) is 0 Å². The van der Waals surface area contributed by atoms with E-state index in [1.54, 1.807) is 4.90 Å². The number of hydrogen-bond donors (Lipinski definition) is 1. The Hall–Kier alpha value is -1.88. The lowest BCUT2D eigenvalue weighted by molar-refractivity contribution is -0.137. The van der Waals surface area contributed by atoms with Crippen molar-refractivity contribution in [3.8, 4) is 0 Å². The predicted molar refractivity (Wildman–Crippen MR) is 86.9 cm³/mol. The lowest BCUT2D eigenvalue weighted by Gasteiger charge is -2.26. The Morgan fingerprint density at radius 2 is 1.78 bits per heavy atom. The summed E-state index contributed by atoms with van der Waals surface area (Å²) in [7, 11) is 1.84. The molecule has 2 amide bonds. The van der Waals surface area contributed by atoms with Gasteiger partial charge in [0.05, 0.1) is 0 Å². The second-order valence-corrected chi connectivity index (χ2v) is 6.53. The van der Waals surface area contributed by atoms with E-state index in [0.29, 0.717) is 31.4 Å². The summed E-state index contributed by atoms with van der Waals surface area (Å²) in [5.74, 6) is 0.256. The lowest BCUT2D eigenvalue weighted by Crippen LogP contribution is -2.35. The van der Waals surface area contributed by atoms with E-state index in [1.807, 2.05) is 31.3 Å². The zero-order valence-corrected chi connectivity index (χ0v) is 13.6. The molecule has 0 radical (unpaired) electrons. The van der Waals surface area contributed by atoms with Crippen LogP contribution in [0, 0.1) is 5.92 Å². The van der Waals surface area contributed by atoms with Crippen molar-refractivity contribution in [2.45, 2.75) is 38.3 Å². The quantitative estimate of drug-likeness (QED) is 0.903. The largest absolute Gasteiger partial charge is 0.381 e. The predicted octanol–water partition coefficient (Wildman–Crippen LogP) is 1.96. The van der Waals surface area contributed by atoms with Crippen LogP contribution in [0.2, 0.25) is 0 Å². The van der Waals surface area contributed by atoms with Gasteiger partial charge in [-0.25, -0.2) is 0 Å². The van der Waals surface area contributed by atoms with Crippen molar-refractivity contribution < 1.29 is 14.3 Å². The van der Waals surface area contributed by atoms with E-state index in [-0.39, 0.29) is 17.7 Å². The molecule has 124 valence electrons. The molecule has 1 aliphatic carbocycles. The first-order valence-corrected chi connectivity index (χ1v) is 8.36. The smallest absolute Gasteiger partial charge is 0.251 e. The average molecular weight is 316 g/mol. The minimum absolute atomic E-state index is 0.00862. The summed E-state index contributed by atoms with van der Waals surface area (Å²) < 4.78 is 5.31. The summed E-state index contributed by atoms with van der Waals surface area (Å²) in [4.78, 5) is 26.1. The van der Waals surface area contributed by atoms with E-state index < -0.39 is 0 Å². The Morgan fingerprint density at radius 1 is 1.13 bits per heavy atom. The highest BCUT2D eigenvalue weighted by atomic mass is 16.5. The molecule has 23 heavy (non-hydrogen) atoms. The fourth-order valence-electron chi connectivity index (χ4n) is 2.87. The Bertz CT molecular complexity index is 560. The molecule has 1 aromatic rings. The molecule has 1 aliphatic heterocycles. The molecule has 3 rings (SSSR count). The highest BCUT2D eigenvalue weighted by molar-refractivity contribution is 5.94. The van der Waals surface area contributed by atoms with Gasteiger partial charge in [-0.15, -0.1) is 0 Å². The Balaban J connectivity index is 1.54. The number of nitrogens with one attached hydrogen (secondary N) is 1. The fourth-order valence-corrected chi connectivity index (χ4v) is 2.87. The second kappa shape index (κ2) is 7.13. The zero-order valence-electron chi connectivity index (χ0n) is 13.6. The van der Waals surface area contributed by atoms with Crippen molar-refractivity contribution in [2.24, 2.45) is 5.92 Å². The van der Waals surface area contributed by atoms with Crippen molar-refractivity contribution in [3.05, 3.63) is 35.4 Å². The summed E-state index contributed by atoms with van der Waals surface area (Å²) in [6.45, 7) is 1.92. The van der Waals surface area contributed by atoms with Gasteiger partial charge in [-0.2, -0.15) is 0 Å². The third kappa shape index (κ3) is 4.32. The number of amides is 2. The first-order chi connectivity index (χ1) is 11.1. The summed E-state index contributed by atoms with van der Waals surface area (Å²) >= 11 is 0. The highest BCUT2D eigenvalue weighted by Crippen LogP contribution is 2.20. The number of carbonyl (C=O) groups is 2. The van der Waals surface area contributed by atoms with Gasteiger partial charge in [0.2, 0.25) is 5.91 Å². The molecule has 1 heterocycles. The summed E-state index contributed by atoms with van der Waals surface area (Å²) in [6.07, 6.45) is 3.79. The van der Waals surface area contributed by atoms with Gasteiger partial charge in [0, 0.05) is 44.3 Å². The van der Waals surface area contributed by atoms with Gasteiger partial charge in [-0.3, -0.25) is 9.59 Å². The molecule has 2 aliphatic rings. The van der Waals surface area contributed by atoms with Gasteiger partial charge in [0.25, 0.3) is 5.91 Å². The molecule has 1 aromatic carbocycles. The van der Waals surface area contributed by atoms with Gasteiger partial charge in [0.1, 0.15) is 0 Å². The third-order valence-electron chi connectivity index (χ3n) is 4.50. The zero-order chi connectivity index (χ0) is 16.2. The van der Waals surface area contributed by atoms with Crippen molar-refractivity contribution in [1.29, 1.82) is 0 Å². The summed E-state index contributed by atoms with van der Waals surface area (Å²) in [5.41, 5.74) is 1.72. The van der Waals surface area contributed by atoms with Crippen LogP contribution in [0.25, 0.3) is 0 Å². The van der Waals surface area contributed by atoms with E-state index in [9.17, 15) is 9.59 Å². The van der Waals surface area contributed by atoms with E-state index >= 15 is 0 Å². The molecule has 5 nitrogen and oxygen atoms in total. The molecule has 0 bridgehead atoms. The monoisotopic (exact) mass is 316 g/mol. The van der Waals surface area contributed by atoms with Crippen LogP contribution in [0.4, 0.5) is 0 Å². The van der Waals surface area contributed by atoms with Crippen molar-refractivity contribution in [2.75, 3.05) is 20.3 Å². The Morgan fingerprint density at radius 3 is 2.39 bits per heavy atom. The van der Waals surface area contributed by atoms with Crippen LogP contribution in [0.1, 0.15) is 41.6 Å². The average Bonchev–Trinajstić information content (AvgIpc) is 3.39. The molecule has 0 atom stereocenters. The Labute approximate surface area is 137 Å². The van der Waals surface area contributed by atoms with E-state index in [2.05, 4.69) is 5.32 Å². The van der Waals surface area contributed by atoms with Crippen molar-refractivity contribution in [1.82, 2.24) is 10.2 Å². The molecule has 1 N–H and O–H groups in total. The van der Waals surface area contributed by atoms with Crippen LogP contribution in [0.15, 0.2) is 24.3 Å². The maximum Gasteiger partial charge on any atom is 0.251 e. The normalized spacial score (nSPS) is 18.5. The SMILES string of the molecule is CN(Cc1ccc(C(=O)NC2CC2)cc1)C(=O)C1CCOCC1. The third-order valence-corrected chi connectivity index (χ3v) is 4.50. The molecule has 0 unspecified atom stereocenters. The van der Waals surface area contributed by atoms with Crippen LogP contribution >= 0.6 is 0 Å². The number of ether oxygens (including phenoxy) is 1. The number of rotatable bonds is 5. The summed E-state index contributed by atoms with van der Waals surface area (Å²) in [6, 6.07) is 7.88. The standard InChI is InChI=1S/C18H24N2O3/c1-20(18(22)15-8-10-23-11-9-15)12-13-2-4-14(5-3-13)17(21)19-16-6-7-16/h2-5,15-16H,6-12H2,1H3,(H,19,21). The summed E-state index contributed by atoms with van der Waals surface area (Å²) in [5, 5.41) is 2.98. The number of hydrogen-bond acceptors (Lipinski definition) is 3. The minimum atomic E-state index is -0.00862. The van der Waals surface area contributed by atoms with Crippen LogP contribution in [-0.2, 0) is 16.1 Å². The number of nitrogens with zero attached hydrogens (tertiary/aromatic N) is 1. The van der Waals surface area contributed by atoms with Crippen LogP contribution in [0.5, 0.6) is 0 Å². The lowest BCUT2D eigenvalue weighted by atomic mass is 9.98. The van der Waals surface area contributed by atoms with E-state index in [0.717, 1.165) is 31.2 Å². The van der Waals surface area contributed by atoms with Crippen molar-refractivity contribution >= 4 is 11.8 Å². The van der Waals surface area contributed by atoms with E-state index in [4.69, 9.17) is 4.74 Å². The first kappa shape index (κ1) is 16.0. The second-order valence-electron chi connectivity index (χ2n) is 6.53. The van der Waals surface area contributed by atoms with Crippen LogP contribution in [-0.4, -0.2) is 43.0 Å². The molecular formula is C18H24N2O3. The number of carbonyl (C=O) groups excluding carboxylic acids is 2. The molecule has 5 heteroatoms. The fraction of sp³-hybridized carbons (Fsp3) is 0.556. The first-order valence-electron chi connectivity index (χ1n) is 8.36. The van der Waals surface area contributed by atoms with E-state index in [1.165, 1.54) is 0 Å². The maximum atomic E-state index is 12.4. The molecule has 1 saturated heterocycles.